The van der Waals surface area contributed by atoms with Crippen molar-refractivity contribution in [2.45, 2.75) is 6.10 Å². The molecule has 0 amide bonds. The number of aromatic hydroxyl groups is 2. The molecule has 0 aliphatic carbocycles. The molecule has 0 aromatic heterocycles. The minimum absolute atomic E-state index is 0.0726. The second-order valence-corrected chi connectivity index (χ2v) is 4.63. The van der Waals surface area contributed by atoms with Gasteiger partial charge in [0, 0.05) is 11.6 Å². The molecule has 1 aliphatic rings. The van der Waals surface area contributed by atoms with E-state index in [1.807, 2.05) is 30.3 Å². The molecule has 108 valence electrons. The molecule has 2 aromatic carbocycles. The Kier molecular flexibility index (Phi) is 3.19. The van der Waals surface area contributed by atoms with E-state index < -0.39 is 6.10 Å². The van der Waals surface area contributed by atoms with Gasteiger partial charge in [-0.15, -0.1) is 0 Å². The van der Waals surface area contributed by atoms with Gasteiger partial charge in [0.2, 0.25) is 5.75 Å². The van der Waals surface area contributed by atoms with Crippen molar-refractivity contribution in [2.24, 2.45) is 0 Å². The first-order valence-electron chi connectivity index (χ1n) is 6.37. The molecule has 0 spiro atoms. The summed E-state index contributed by atoms with van der Waals surface area (Å²) in [5, 5.41) is 30.0. The van der Waals surface area contributed by atoms with Crippen LogP contribution in [0.15, 0.2) is 42.5 Å². The highest BCUT2D eigenvalue weighted by molar-refractivity contribution is 5.72. The highest BCUT2D eigenvalue weighted by Gasteiger charge is 2.29. The normalized spacial score (nSPS) is 16.7. The predicted octanol–water partition coefficient (Wildman–Crippen LogP) is 2.57. The number of fused-ring (bicyclic) bond motifs is 1. The number of methoxy groups -OCH3 is 1. The molecule has 5 heteroatoms. The van der Waals surface area contributed by atoms with Crippen LogP contribution >= 0.6 is 0 Å². The van der Waals surface area contributed by atoms with E-state index in [1.54, 1.807) is 0 Å². The quantitative estimate of drug-likeness (QED) is 0.790. The molecular formula is C16H14O5. The molecule has 21 heavy (non-hydrogen) atoms. The third-order valence-corrected chi connectivity index (χ3v) is 3.31. The number of hydrogen-bond acceptors (Lipinski definition) is 5. The van der Waals surface area contributed by atoms with Crippen molar-refractivity contribution in [3.63, 3.8) is 0 Å². The molecule has 1 atom stereocenters. The van der Waals surface area contributed by atoms with Gasteiger partial charge >= 0.3 is 0 Å². The number of benzene rings is 2. The van der Waals surface area contributed by atoms with Crippen molar-refractivity contribution < 1.29 is 24.8 Å². The monoisotopic (exact) mass is 286 g/mol. The van der Waals surface area contributed by atoms with E-state index in [-0.39, 0.29) is 28.6 Å². The van der Waals surface area contributed by atoms with Gasteiger partial charge in [-0.05, 0) is 6.08 Å². The summed E-state index contributed by atoms with van der Waals surface area (Å²) in [6.45, 7) is 0. The number of aliphatic hydroxyl groups excluding tert-OH is 1. The summed E-state index contributed by atoms with van der Waals surface area (Å²) in [4.78, 5) is 0. The summed E-state index contributed by atoms with van der Waals surface area (Å²) in [6, 6.07) is 10.3. The Bertz CT molecular complexity index is 706. The zero-order chi connectivity index (χ0) is 15.0. The van der Waals surface area contributed by atoms with Crippen molar-refractivity contribution in [3.05, 3.63) is 53.6 Å². The van der Waals surface area contributed by atoms with Gasteiger partial charge in [0.25, 0.3) is 0 Å². The van der Waals surface area contributed by atoms with E-state index in [0.717, 1.165) is 11.6 Å². The van der Waals surface area contributed by atoms with Crippen molar-refractivity contribution in [3.8, 4) is 23.0 Å². The number of ether oxygens (including phenoxy) is 2. The Balaban J connectivity index is 2.14. The number of rotatable bonds is 2. The lowest BCUT2D eigenvalue weighted by atomic mass is 10.0. The second-order valence-electron chi connectivity index (χ2n) is 4.63. The van der Waals surface area contributed by atoms with Gasteiger partial charge in [0.1, 0.15) is 17.6 Å². The fourth-order valence-electron chi connectivity index (χ4n) is 2.34. The van der Waals surface area contributed by atoms with Gasteiger partial charge in [-0.2, -0.15) is 0 Å². The lowest BCUT2D eigenvalue weighted by molar-refractivity contribution is 0.208. The van der Waals surface area contributed by atoms with Gasteiger partial charge in [-0.1, -0.05) is 30.3 Å². The van der Waals surface area contributed by atoms with Crippen LogP contribution in [0.3, 0.4) is 0 Å². The molecule has 1 unspecified atom stereocenters. The summed E-state index contributed by atoms with van der Waals surface area (Å²) >= 11 is 0. The van der Waals surface area contributed by atoms with Gasteiger partial charge in [-0.25, -0.2) is 0 Å². The number of aliphatic hydroxyl groups is 1. The number of phenols is 2. The van der Waals surface area contributed by atoms with Crippen LogP contribution in [-0.2, 0) is 0 Å². The van der Waals surface area contributed by atoms with Crippen LogP contribution in [0.2, 0.25) is 0 Å². The Morgan fingerprint density at radius 2 is 1.81 bits per heavy atom. The summed E-state index contributed by atoms with van der Waals surface area (Å²) in [5.41, 5.74) is 0.941. The molecule has 0 fully saturated rings. The van der Waals surface area contributed by atoms with Crippen LogP contribution in [0.1, 0.15) is 17.2 Å². The van der Waals surface area contributed by atoms with Crippen LogP contribution in [0.25, 0.3) is 5.76 Å². The van der Waals surface area contributed by atoms with Gasteiger partial charge < -0.3 is 24.8 Å². The van der Waals surface area contributed by atoms with Crippen LogP contribution in [-0.4, -0.2) is 22.4 Å². The molecule has 0 radical (unpaired) electrons. The van der Waals surface area contributed by atoms with Crippen LogP contribution < -0.4 is 9.47 Å². The summed E-state index contributed by atoms with van der Waals surface area (Å²) in [7, 11) is 1.38. The Morgan fingerprint density at radius 3 is 2.48 bits per heavy atom. The Morgan fingerprint density at radius 1 is 1.10 bits per heavy atom. The van der Waals surface area contributed by atoms with Crippen molar-refractivity contribution in [1.82, 2.24) is 0 Å². The lowest BCUT2D eigenvalue weighted by Crippen LogP contribution is -2.10. The van der Waals surface area contributed by atoms with Crippen molar-refractivity contribution in [2.75, 3.05) is 7.11 Å². The second kappa shape index (κ2) is 5.03. The van der Waals surface area contributed by atoms with Crippen molar-refractivity contribution in [1.29, 1.82) is 0 Å². The van der Waals surface area contributed by atoms with E-state index >= 15 is 0 Å². The first kappa shape index (κ1) is 13.3. The third kappa shape index (κ3) is 2.17. The molecule has 2 aromatic rings. The molecule has 0 saturated heterocycles. The molecular weight excluding hydrogens is 272 g/mol. The fraction of sp³-hybridized carbons (Fsp3) is 0.125. The first-order valence-corrected chi connectivity index (χ1v) is 6.37. The zero-order valence-electron chi connectivity index (χ0n) is 11.3. The molecule has 1 heterocycles. The predicted molar refractivity (Wildman–Crippen MR) is 76.3 cm³/mol. The smallest absolute Gasteiger partial charge is 0.204 e. The minimum Gasteiger partial charge on any atom is -0.507 e. The molecule has 0 bridgehead atoms. The van der Waals surface area contributed by atoms with E-state index in [1.165, 1.54) is 13.2 Å². The molecule has 3 N–H and O–H groups in total. The van der Waals surface area contributed by atoms with Crippen LogP contribution in [0, 0.1) is 0 Å². The Labute approximate surface area is 121 Å². The fourth-order valence-corrected chi connectivity index (χ4v) is 2.34. The van der Waals surface area contributed by atoms with Crippen molar-refractivity contribution >= 4 is 5.76 Å². The van der Waals surface area contributed by atoms with Crippen LogP contribution in [0.5, 0.6) is 23.0 Å². The maximum Gasteiger partial charge on any atom is 0.204 e. The highest BCUT2D eigenvalue weighted by atomic mass is 16.5. The molecule has 1 aliphatic heterocycles. The maximum absolute atomic E-state index is 10.2. The van der Waals surface area contributed by atoms with E-state index in [9.17, 15) is 15.3 Å². The number of phenolic OH excluding ortho intramolecular Hbond substituents is 2. The average molecular weight is 286 g/mol. The number of hydrogen-bond donors (Lipinski definition) is 3. The van der Waals surface area contributed by atoms with Crippen LogP contribution in [0.4, 0.5) is 0 Å². The largest absolute Gasteiger partial charge is 0.507 e. The summed E-state index contributed by atoms with van der Waals surface area (Å²) in [5.74, 6) is 0.112. The van der Waals surface area contributed by atoms with E-state index in [2.05, 4.69) is 0 Å². The van der Waals surface area contributed by atoms with Gasteiger partial charge in [0.15, 0.2) is 11.5 Å². The lowest BCUT2D eigenvalue weighted by Gasteiger charge is -2.25. The SMILES string of the molecule is COc1c(O)cc(O)c2c1OC(c1ccccc1)=CC2O. The van der Waals surface area contributed by atoms with Gasteiger partial charge in [-0.3, -0.25) is 0 Å². The summed E-state index contributed by atoms with van der Waals surface area (Å²) < 4.78 is 10.8. The first-order chi connectivity index (χ1) is 10.1. The highest BCUT2D eigenvalue weighted by Crippen LogP contribution is 2.50. The third-order valence-electron chi connectivity index (χ3n) is 3.31. The Hall–Kier alpha value is -2.66. The molecule has 5 nitrogen and oxygen atoms in total. The van der Waals surface area contributed by atoms with E-state index in [0.29, 0.717) is 5.76 Å². The van der Waals surface area contributed by atoms with E-state index in [4.69, 9.17) is 9.47 Å². The molecule has 0 saturated carbocycles. The maximum atomic E-state index is 10.2. The topological polar surface area (TPSA) is 79.2 Å². The summed E-state index contributed by atoms with van der Waals surface area (Å²) in [6.07, 6.45) is 0.437. The molecule has 3 rings (SSSR count). The standard InChI is InChI=1S/C16H14O5/c1-20-15-12(19)7-10(17)14-11(18)8-13(21-16(14)15)9-5-3-2-4-6-9/h2-8,11,17-19H,1H3. The minimum atomic E-state index is -1.06. The average Bonchev–Trinajstić information content (AvgIpc) is 2.47. The van der Waals surface area contributed by atoms with Gasteiger partial charge in [0.05, 0.1) is 12.7 Å². The zero-order valence-corrected chi connectivity index (χ0v) is 11.3.